The van der Waals surface area contributed by atoms with Gasteiger partial charge in [0, 0.05) is 25.2 Å². The molecule has 0 radical (unpaired) electrons. The standard InChI is InChI=1S/C23H22N6O5S/c1-28-20-19(21(33)26-22(28)34)29(10-9-14-5-3-2-4-6-14)23(25-20)35-13-18(32)27-24-12-15-7-8-16(30)11-17(15)31/h2-8,11-12,30-31H,9-10,13H2,1H3,(H,27,32)(H,26,33,34)/b24-12-. The average Bonchev–Trinajstić information content (AvgIpc) is 3.21. The summed E-state index contributed by atoms with van der Waals surface area (Å²) in [5.41, 5.74) is 3.12. The molecule has 2 aromatic carbocycles. The number of amides is 1. The third kappa shape index (κ3) is 5.44. The van der Waals surface area contributed by atoms with Gasteiger partial charge in [-0.05, 0) is 24.1 Å². The number of aromatic hydroxyl groups is 2. The summed E-state index contributed by atoms with van der Waals surface area (Å²) in [5, 5.41) is 23.3. The second-order valence-corrected chi connectivity index (χ2v) is 8.54. The van der Waals surface area contributed by atoms with Crippen molar-refractivity contribution >= 4 is 35.0 Å². The molecular weight excluding hydrogens is 472 g/mol. The van der Waals surface area contributed by atoms with Crippen LogP contribution in [0.1, 0.15) is 11.1 Å². The van der Waals surface area contributed by atoms with E-state index in [1.54, 1.807) is 4.57 Å². The molecule has 0 saturated carbocycles. The first-order valence-corrected chi connectivity index (χ1v) is 11.5. The van der Waals surface area contributed by atoms with Crippen molar-refractivity contribution in [2.75, 3.05) is 5.75 Å². The molecule has 4 N–H and O–H groups in total. The van der Waals surface area contributed by atoms with Crippen LogP contribution in [0.2, 0.25) is 0 Å². The van der Waals surface area contributed by atoms with Crippen LogP contribution in [0.3, 0.4) is 0 Å². The molecule has 180 valence electrons. The van der Waals surface area contributed by atoms with Gasteiger partial charge < -0.3 is 14.8 Å². The van der Waals surface area contributed by atoms with Gasteiger partial charge in [-0.3, -0.25) is 19.1 Å². The number of carbonyl (C=O) groups is 1. The number of benzene rings is 2. The van der Waals surface area contributed by atoms with Gasteiger partial charge in [-0.1, -0.05) is 42.1 Å². The normalized spacial score (nSPS) is 11.3. The van der Waals surface area contributed by atoms with E-state index in [9.17, 15) is 24.6 Å². The predicted molar refractivity (Wildman–Crippen MR) is 132 cm³/mol. The van der Waals surface area contributed by atoms with Gasteiger partial charge in [-0.15, -0.1) is 0 Å². The summed E-state index contributed by atoms with van der Waals surface area (Å²) in [6.45, 7) is 0.421. The van der Waals surface area contributed by atoms with E-state index in [0.717, 1.165) is 23.4 Å². The van der Waals surface area contributed by atoms with Crippen molar-refractivity contribution in [3.8, 4) is 11.5 Å². The van der Waals surface area contributed by atoms with E-state index in [2.05, 4.69) is 20.5 Å². The molecule has 0 aliphatic carbocycles. The summed E-state index contributed by atoms with van der Waals surface area (Å²) in [5.74, 6) is -0.764. The Labute approximate surface area is 202 Å². The Hall–Kier alpha value is -4.32. The molecular formula is C23H22N6O5S. The summed E-state index contributed by atoms with van der Waals surface area (Å²) in [4.78, 5) is 43.7. The molecule has 0 fully saturated rings. The van der Waals surface area contributed by atoms with Gasteiger partial charge in [-0.25, -0.2) is 15.2 Å². The number of hydrazone groups is 1. The smallest absolute Gasteiger partial charge is 0.329 e. The third-order valence-electron chi connectivity index (χ3n) is 5.18. The number of fused-ring (bicyclic) bond motifs is 1. The molecule has 0 spiro atoms. The van der Waals surface area contributed by atoms with Crippen LogP contribution in [0, 0.1) is 0 Å². The summed E-state index contributed by atoms with van der Waals surface area (Å²) in [6, 6.07) is 13.7. The van der Waals surface area contributed by atoms with E-state index in [-0.39, 0.29) is 28.4 Å². The van der Waals surface area contributed by atoms with E-state index in [1.165, 1.54) is 30.0 Å². The minimum Gasteiger partial charge on any atom is -0.508 e. The highest BCUT2D eigenvalue weighted by Gasteiger charge is 2.18. The molecule has 35 heavy (non-hydrogen) atoms. The van der Waals surface area contributed by atoms with Gasteiger partial charge in [0.1, 0.15) is 11.5 Å². The van der Waals surface area contributed by atoms with Crippen molar-refractivity contribution in [2.24, 2.45) is 12.1 Å². The van der Waals surface area contributed by atoms with Crippen LogP contribution in [0.15, 0.2) is 68.4 Å². The number of phenolic OH excluding ortho intramolecular Hbond substituents is 2. The molecule has 0 bridgehead atoms. The quantitative estimate of drug-likeness (QED) is 0.164. The van der Waals surface area contributed by atoms with Gasteiger partial charge in [0.25, 0.3) is 11.5 Å². The maximum Gasteiger partial charge on any atom is 0.329 e. The highest BCUT2D eigenvalue weighted by atomic mass is 32.2. The number of thioether (sulfide) groups is 1. The molecule has 4 aromatic rings. The number of nitrogens with zero attached hydrogens (tertiary/aromatic N) is 4. The van der Waals surface area contributed by atoms with Crippen molar-refractivity contribution in [2.45, 2.75) is 18.1 Å². The fraction of sp³-hybridized carbons (Fsp3) is 0.174. The van der Waals surface area contributed by atoms with Crippen LogP contribution >= 0.6 is 11.8 Å². The van der Waals surface area contributed by atoms with Crippen LogP contribution in [-0.2, 0) is 24.8 Å². The molecule has 2 heterocycles. The zero-order valence-corrected chi connectivity index (χ0v) is 19.5. The number of aryl methyl sites for hydroxylation is 3. The molecule has 0 atom stereocenters. The highest BCUT2D eigenvalue weighted by Crippen LogP contribution is 2.23. The first-order chi connectivity index (χ1) is 16.8. The topological polar surface area (TPSA) is 155 Å². The molecule has 12 heteroatoms. The zero-order valence-electron chi connectivity index (χ0n) is 18.6. The lowest BCUT2D eigenvalue weighted by molar-refractivity contribution is -0.118. The second-order valence-electron chi connectivity index (χ2n) is 7.60. The van der Waals surface area contributed by atoms with E-state index < -0.39 is 17.2 Å². The van der Waals surface area contributed by atoms with E-state index in [1.807, 2.05) is 30.3 Å². The Morgan fingerprint density at radius 3 is 2.71 bits per heavy atom. The van der Waals surface area contributed by atoms with Crippen molar-refractivity contribution in [1.82, 2.24) is 24.5 Å². The summed E-state index contributed by atoms with van der Waals surface area (Å²) in [7, 11) is 1.52. The Bertz CT molecular complexity index is 1520. The fourth-order valence-corrected chi connectivity index (χ4v) is 4.21. The van der Waals surface area contributed by atoms with Gasteiger partial charge in [0.05, 0.1) is 12.0 Å². The molecule has 0 unspecified atom stereocenters. The largest absolute Gasteiger partial charge is 0.508 e. The Morgan fingerprint density at radius 2 is 1.97 bits per heavy atom. The second kappa shape index (κ2) is 10.3. The SMILES string of the molecule is Cn1c(=O)[nH]c(=O)c2c1nc(SCC(=O)N/N=C\c1ccc(O)cc1O)n2CCc1ccccc1. The number of aromatic nitrogens is 4. The summed E-state index contributed by atoms with van der Waals surface area (Å²) < 4.78 is 2.96. The number of imidazole rings is 1. The van der Waals surface area contributed by atoms with Crippen LogP contribution in [0.25, 0.3) is 11.2 Å². The minimum atomic E-state index is -0.573. The van der Waals surface area contributed by atoms with Gasteiger partial charge in [0.2, 0.25) is 0 Å². The van der Waals surface area contributed by atoms with Crippen molar-refractivity contribution in [3.63, 3.8) is 0 Å². The number of rotatable bonds is 8. The molecule has 11 nitrogen and oxygen atoms in total. The fourth-order valence-electron chi connectivity index (χ4n) is 3.40. The third-order valence-corrected chi connectivity index (χ3v) is 6.15. The summed E-state index contributed by atoms with van der Waals surface area (Å²) in [6.07, 6.45) is 1.87. The Kier molecular flexibility index (Phi) is 7.01. The van der Waals surface area contributed by atoms with Crippen LogP contribution in [0.4, 0.5) is 0 Å². The first-order valence-electron chi connectivity index (χ1n) is 10.5. The number of nitrogens with one attached hydrogen (secondary N) is 2. The van der Waals surface area contributed by atoms with E-state index in [0.29, 0.717) is 23.7 Å². The molecule has 4 rings (SSSR count). The zero-order chi connectivity index (χ0) is 24.9. The van der Waals surface area contributed by atoms with Gasteiger partial charge >= 0.3 is 5.69 Å². The minimum absolute atomic E-state index is 0.0561. The monoisotopic (exact) mass is 494 g/mol. The molecule has 1 amide bonds. The number of carbonyl (C=O) groups excluding carboxylic acids is 1. The lowest BCUT2D eigenvalue weighted by atomic mass is 10.1. The number of phenols is 2. The Balaban J connectivity index is 1.52. The predicted octanol–water partition coefficient (Wildman–Crippen LogP) is 1.32. The Morgan fingerprint density at radius 1 is 1.20 bits per heavy atom. The highest BCUT2D eigenvalue weighted by molar-refractivity contribution is 7.99. The van der Waals surface area contributed by atoms with Crippen molar-refractivity contribution in [3.05, 3.63) is 80.5 Å². The first kappa shape index (κ1) is 23.8. The average molecular weight is 495 g/mol. The number of hydrogen-bond acceptors (Lipinski definition) is 8. The number of hydrogen-bond donors (Lipinski definition) is 4. The lowest BCUT2D eigenvalue weighted by Crippen LogP contribution is -2.29. The number of H-pyrrole nitrogens is 1. The molecule has 2 aromatic heterocycles. The number of aromatic amines is 1. The maximum atomic E-state index is 12.6. The maximum absolute atomic E-state index is 12.6. The molecule has 0 aliphatic heterocycles. The van der Waals surface area contributed by atoms with Crippen molar-refractivity contribution < 1.29 is 15.0 Å². The van der Waals surface area contributed by atoms with Crippen LogP contribution in [-0.4, -0.2) is 47.2 Å². The van der Waals surface area contributed by atoms with Gasteiger partial charge in [-0.2, -0.15) is 5.10 Å². The summed E-state index contributed by atoms with van der Waals surface area (Å²) >= 11 is 1.11. The van der Waals surface area contributed by atoms with Crippen molar-refractivity contribution in [1.29, 1.82) is 0 Å². The van der Waals surface area contributed by atoms with E-state index in [4.69, 9.17) is 0 Å². The van der Waals surface area contributed by atoms with Crippen LogP contribution in [0.5, 0.6) is 11.5 Å². The van der Waals surface area contributed by atoms with Crippen LogP contribution < -0.4 is 16.7 Å². The lowest BCUT2D eigenvalue weighted by Gasteiger charge is -2.08. The van der Waals surface area contributed by atoms with E-state index >= 15 is 0 Å². The molecule has 0 saturated heterocycles. The van der Waals surface area contributed by atoms with Gasteiger partial charge in [0.15, 0.2) is 16.3 Å². The molecule has 0 aliphatic rings.